The van der Waals surface area contributed by atoms with Gasteiger partial charge >= 0.3 is 5.97 Å². The minimum atomic E-state index is -0.148. The number of halogens is 1. The summed E-state index contributed by atoms with van der Waals surface area (Å²) >= 11 is 5.80. The van der Waals surface area contributed by atoms with Gasteiger partial charge in [0.05, 0.1) is 13.2 Å². The summed E-state index contributed by atoms with van der Waals surface area (Å²) in [5.74, 6) is 0.444. The second-order valence-corrected chi connectivity index (χ2v) is 5.23. The molecule has 1 aliphatic rings. The Labute approximate surface area is 120 Å². The van der Waals surface area contributed by atoms with Crippen LogP contribution in [0.2, 0.25) is 0 Å². The largest absolute Gasteiger partial charge is 0.469 e. The summed E-state index contributed by atoms with van der Waals surface area (Å²) < 4.78 is 16.1. The van der Waals surface area contributed by atoms with Crippen LogP contribution in [0.3, 0.4) is 0 Å². The molecule has 1 rings (SSSR count). The Balaban J connectivity index is 2.17. The number of ether oxygens (including phenoxy) is 3. The molecule has 19 heavy (non-hydrogen) atoms. The molecule has 112 valence electrons. The molecule has 0 radical (unpaired) electrons. The first-order chi connectivity index (χ1) is 9.26. The van der Waals surface area contributed by atoms with Crippen molar-refractivity contribution in [2.45, 2.75) is 63.8 Å². The summed E-state index contributed by atoms with van der Waals surface area (Å²) in [6.45, 7) is 0.792. The highest BCUT2D eigenvalue weighted by molar-refractivity contribution is 6.17. The maximum Gasteiger partial charge on any atom is 0.305 e. The number of unbranched alkanes of at least 4 members (excludes halogenated alkanes) is 1. The lowest BCUT2D eigenvalue weighted by Gasteiger charge is -2.27. The topological polar surface area (TPSA) is 44.8 Å². The van der Waals surface area contributed by atoms with Crippen molar-refractivity contribution in [1.29, 1.82) is 0 Å². The van der Waals surface area contributed by atoms with E-state index < -0.39 is 0 Å². The number of esters is 1. The van der Waals surface area contributed by atoms with Gasteiger partial charge in [-0.15, -0.1) is 11.6 Å². The van der Waals surface area contributed by atoms with Crippen LogP contribution in [-0.2, 0) is 19.0 Å². The van der Waals surface area contributed by atoms with E-state index in [1.165, 1.54) is 13.5 Å². The highest BCUT2D eigenvalue weighted by atomic mass is 35.5. The number of carbonyl (C=O) groups is 1. The number of hydrogen-bond donors (Lipinski definition) is 0. The van der Waals surface area contributed by atoms with Crippen molar-refractivity contribution in [3.8, 4) is 0 Å². The lowest BCUT2D eigenvalue weighted by molar-refractivity contribution is -0.189. The minimum Gasteiger partial charge on any atom is -0.469 e. The third-order valence-electron chi connectivity index (χ3n) is 3.30. The monoisotopic (exact) mass is 292 g/mol. The predicted molar refractivity (Wildman–Crippen MR) is 74.3 cm³/mol. The smallest absolute Gasteiger partial charge is 0.305 e. The third-order valence-corrected chi connectivity index (χ3v) is 3.52. The molecule has 0 aromatic heterocycles. The zero-order valence-electron chi connectivity index (χ0n) is 11.7. The van der Waals surface area contributed by atoms with Crippen LogP contribution in [0.5, 0.6) is 0 Å². The zero-order chi connectivity index (χ0) is 13.9. The van der Waals surface area contributed by atoms with Crippen molar-refractivity contribution in [3.05, 3.63) is 0 Å². The van der Waals surface area contributed by atoms with Gasteiger partial charge < -0.3 is 14.2 Å². The third kappa shape index (κ3) is 7.75. The molecule has 2 atom stereocenters. The molecular weight excluding hydrogens is 268 g/mol. The number of rotatable bonds is 9. The van der Waals surface area contributed by atoms with Crippen LogP contribution in [0.4, 0.5) is 0 Å². The van der Waals surface area contributed by atoms with Crippen LogP contribution in [-0.4, -0.2) is 38.0 Å². The standard InChI is InChI=1S/C14H25ClO4/c1-17-13(16)7-3-2-6-12(9-10-15)19-14-8-4-5-11-18-14/h12,14H,2-11H2,1H3/t12-,14+/m0/s1. The lowest BCUT2D eigenvalue weighted by atomic mass is 10.1. The molecule has 1 fully saturated rings. The van der Waals surface area contributed by atoms with Crippen LogP contribution >= 0.6 is 11.6 Å². The van der Waals surface area contributed by atoms with Crippen molar-refractivity contribution in [1.82, 2.24) is 0 Å². The van der Waals surface area contributed by atoms with Gasteiger partial charge in [-0.3, -0.25) is 4.79 Å². The van der Waals surface area contributed by atoms with Gasteiger partial charge in [-0.05, 0) is 38.5 Å². The van der Waals surface area contributed by atoms with E-state index >= 15 is 0 Å². The SMILES string of the molecule is COC(=O)CCCC[C@@H](CCCl)O[C@@H]1CCCCO1. The second-order valence-electron chi connectivity index (χ2n) is 4.85. The molecule has 0 unspecified atom stereocenters. The Morgan fingerprint density at radius 3 is 2.84 bits per heavy atom. The van der Waals surface area contributed by atoms with Gasteiger partial charge in [0.25, 0.3) is 0 Å². The van der Waals surface area contributed by atoms with Crippen molar-refractivity contribution < 1.29 is 19.0 Å². The Bertz CT molecular complexity index is 242. The summed E-state index contributed by atoms with van der Waals surface area (Å²) in [4.78, 5) is 11.0. The van der Waals surface area contributed by atoms with E-state index in [0.29, 0.717) is 12.3 Å². The van der Waals surface area contributed by atoms with E-state index in [1.54, 1.807) is 0 Å². The number of hydrogen-bond acceptors (Lipinski definition) is 4. The lowest BCUT2D eigenvalue weighted by Crippen LogP contribution is -2.28. The zero-order valence-corrected chi connectivity index (χ0v) is 12.5. The summed E-state index contributed by atoms with van der Waals surface area (Å²) in [5, 5.41) is 0. The first kappa shape index (κ1) is 16.7. The van der Waals surface area contributed by atoms with Crippen LogP contribution in [0.25, 0.3) is 0 Å². The fraction of sp³-hybridized carbons (Fsp3) is 0.929. The number of methoxy groups -OCH3 is 1. The quantitative estimate of drug-likeness (QED) is 0.372. The van der Waals surface area contributed by atoms with Gasteiger partial charge in [0, 0.05) is 18.9 Å². The van der Waals surface area contributed by atoms with Crippen LogP contribution in [0.15, 0.2) is 0 Å². The fourth-order valence-corrected chi connectivity index (χ4v) is 2.42. The van der Waals surface area contributed by atoms with Gasteiger partial charge in [-0.25, -0.2) is 0 Å². The number of alkyl halides is 1. The summed E-state index contributed by atoms with van der Waals surface area (Å²) in [6.07, 6.45) is 7.35. The van der Waals surface area contributed by atoms with E-state index in [4.69, 9.17) is 21.1 Å². The highest BCUT2D eigenvalue weighted by Crippen LogP contribution is 2.20. The molecular formula is C14H25ClO4. The van der Waals surface area contributed by atoms with Crippen molar-refractivity contribution in [3.63, 3.8) is 0 Å². The van der Waals surface area contributed by atoms with E-state index in [2.05, 4.69) is 4.74 Å². The maximum atomic E-state index is 11.0. The van der Waals surface area contributed by atoms with Gasteiger partial charge in [0.1, 0.15) is 0 Å². The van der Waals surface area contributed by atoms with Gasteiger partial charge in [-0.1, -0.05) is 6.42 Å². The highest BCUT2D eigenvalue weighted by Gasteiger charge is 2.19. The first-order valence-corrected chi connectivity index (χ1v) is 7.69. The van der Waals surface area contributed by atoms with E-state index in [0.717, 1.165) is 45.1 Å². The minimum absolute atomic E-state index is 0.0671. The van der Waals surface area contributed by atoms with Crippen molar-refractivity contribution >= 4 is 17.6 Å². The Morgan fingerprint density at radius 1 is 1.37 bits per heavy atom. The molecule has 4 nitrogen and oxygen atoms in total. The van der Waals surface area contributed by atoms with E-state index in [1.807, 2.05) is 0 Å². The maximum absolute atomic E-state index is 11.0. The molecule has 5 heteroatoms. The van der Waals surface area contributed by atoms with Gasteiger partial charge in [0.15, 0.2) is 6.29 Å². The molecule has 1 aliphatic heterocycles. The van der Waals surface area contributed by atoms with Gasteiger partial charge in [-0.2, -0.15) is 0 Å². The summed E-state index contributed by atoms with van der Waals surface area (Å²) in [5.41, 5.74) is 0. The molecule has 1 heterocycles. The van der Waals surface area contributed by atoms with Crippen molar-refractivity contribution in [2.24, 2.45) is 0 Å². The normalized spacial score (nSPS) is 21.1. The molecule has 1 saturated heterocycles. The van der Waals surface area contributed by atoms with Crippen LogP contribution in [0.1, 0.15) is 51.4 Å². The van der Waals surface area contributed by atoms with Crippen LogP contribution < -0.4 is 0 Å². The molecule has 0 aromatic carbocycles. The Kier molecular flexibility index (Phi) is 9.22. The van der Waals surface area contributed by atoms with Gasteiger partial charge in [0.2, 0.25) is 0 Å². The predicted octanol–water partition coefficient (Wildman–Crippen LogP) is 3.26. The fourth-order valence-electron chi connectivity index (χ4n) is 2.18. The average molecular weight is 293 g/mol. The Hall–Kier alpha value is -0.320. The van der Waals surface area contributed by atoms with E-state index in [-0.39, 0.29) is 18.4 Å². The molecule has 0 spiro atoms. The molecule has 0 amide bonds. The summed E-state index contributed by atoms with van der Waals surface area (Å²) in [7, 11) is 1.42. The number of carbonyl (C=O) groups excluding carboxylic acids is 1. The average Bonchev–Trinajstić information content (AvgIpc) is 2.44. The van der Waals surface area contributed by atoms with Crippen molar-refractivity contribution in [2.75, 3.05) is 19.6 Å². The van der Waals surface area contributed by atoms with Crippen LogP contribution in [0, 0.1) is 0 Å². The molecule has 0 aromatic rings. The molecule has 0 N–H and O–H groups in total. The second kappa shape index (κ2) is 10.5. The Morgan fingerprint density at radius 2 is 2.21 bits per heavy atom. The first-order valence-electron chi connectivity index (χ1n) is 7.16. The summed E-state index contributed by atoms with van der Waals surface area (Å²) in [6, 6.07) is 0. The molecule has 0 bridgehead atoms. The van der Waals surface area contributed by atoms with E-state index in [9.17, 15) is 4.79 Å². The molecule has 0 saturated carbocycles. The molecule has 0 aliphatic carbocycles.